The molecule has 3 aromatic rings. The van der Waals surface area contributed by atoms with E-state index in [2.05, 4.69) is 41.2 Å². The summed E-state index contributed by atoms with van der Waals surface area (Å²) < 4.78 is 1.89. The molecular formula is C20H22N4O2. The van der Waals surface area contributed by atoms with Crippen molar-refractivity contribution in [2.75, 3.05) is 6.54 Å². The molecule has 0 N–H and O–H groups in total. The van der Waals surface area contributed by atoms with Crippen LogP contribution in [0.1, 0.15) is 36.9 Å². The lowest BCUT2D eigenvalue weighted by Gasteiger charge is -2.29. The predicted octanol–water partition coefficient (Wildman–Crippen LogP) is 4.30. The zero-order valence-corrected chi connectivity index (χ0v) is 14.8. The number of aryl methyl sites for hydroxylation is 1. The van der Waals surface area contributed by atoms with Gasteiger partial charge in [-0.1, -0.05) is 31.2 Å². The number of fused-ring (bicyclic) bond motifs is 2. The van der Waals surface area contributed by atoms with Gasteiger partial charge in [0.1, 0.15) is 0 Å². The molecule has 0 fully saturated rings. The minimum Gasteiger partial charge on any atom is -0.277 e. The van der Waals surface area contributed by atoms with E-state index in [1.165, 1.54) is 17.2 Å². The van der Waals surface area contributed by atoms with Gasteiger partial charge in [0.15, 0.2) is 0 Å². The fourth-order valence-electron chi connectivity index (χ4n) is 3.98. The highest BCUT2D eigenvalue weighted by molar-refractivity contribution is 5.80. The number of aromatic nitrogens is 2. The van der Waals surface area contributed by atoms with Gasteiger partial charge in [0.05, 0.1) is 23.3 Å². The fourth-order valence-corrected chi connectivity index (χ4v) is 3.98. The molecule has 1 heterocycles. The maximum atomic E-state index is 11.1. The van der Waals surface area contributed by atoms with Crippen LogP contribution in [0.15, 0.2) is 48.7 Å². The first-order valence-electron chi connectivity index (χ1n) is 9.09. The van der Waals surface area contributed by atoms with Crippen molar-refractivity contribution in [3.63, 3.8) is 0 Å². The largest absolute Gasteiger partial charge is 0.277 e. The van der Waals surface area contributed by atoms with E-state index in [1.54, 1.807) is 18.3 Å². The lowest BCUT2D eigenvalue weighted by Crippen LogP contribution is -2.31. The molecule has 6 heteroatoms. The molecule has 4 rings (SSSR count). The topological polar surface area (TPSA) is 64.2 Å². The smallest absolute Gasteiger partial charge is 0.271 e. The zero-order chi connectivity index (χ0) is 18.1. The van der Waals surface area contributed by atoms with Gasteiger partial charge in [-0.25, -0.2) is 0 Å². The van der Waals surface area contributed by atoms with Gasteiger partial charge in [-0.15, -0.1) is 0 Å². The lowest BCUT2D eigenvalue weighted by atomic mass is 10.1. The van der Waals surface area contributed by atoms with Crippen molar-refractivity contribution in [3.8, 4) is 0 Å². The van der Waals surface area contributed by atoms with Gasteiger partial charge in [-0.2, -0.15) is 5.10 Å². The second-order valence-corrected chi connectivity index (χ2v) is 6.85. The Bertz CT molecular complexity index is 950. The number of benzene rings is 2. The van der Waals surface area contributed by atoms with Gasteiger partial charge in [0.25, 0.3) is 5.69 Å². The van der Waals surface area contributed by atoms with Crippen LogP contribution in [-0.4, -0.2) is 26.1 Å². The van der Waals surface area contributed by atoms with Gasteiger partial charge < -0.3 is 0 Å². The molecule has 0 unspecified atom stereocenters. The van der Waals surface area contributed by atoms with Crippen LogP contribution in [0.3, 0.4) is 0 Å². The molecule has 0 aliphatic heterocycles. The summed E-state index contributed by atoms with van der Waals surface area (Å²) in [6.07, 6.45) is 5.05. The average molecular weight is 350 g/mol. The summed E-state index contributed by atoms with van der Waals surface area (Å²) in [7, 11) is 0. The van der Waals surface area contributed by atoms with Gasteiger partial charge in [-0.3, -0.25) is 19.7 Å². The minimum absolute atomic E-state index is 0.104. The van der Waals surface area contributed by atoms with Crippen molar-refractivity contribution >= 4 is 16.6 Å². The third kappa shape index (κ3) is 2.97. The number of rotatable bonds is 6. The van der Waals surface area contributed by atoms with Crippen LogP contribution in [0.2, 0.25) is 0 Å². The molecule has 1 aliphatic rings. The van der Waals surface area contributed by atoms with E-state index in [0.29, 0.717) is 12.7 Å². The molecule has 1 aliphatic carbocycles. The molecule has 1 aromatic heterocycles. The molecule has 0 amide bonds. The summed E-state index contributed by atoms with van der Waals surface area (Å²) in [4.78, 5) is 13.2. The van der Waals surface area contributed by atoms with E-state index in [1.807, 2.05) is 4.68 Å². The first-order valence-corrected chi connectivity index (χ1v) is 9.09. The highest BCUT2D eigenvalue weighted by Crippen LogP contribution is 2.36. The molecule has 0 radical (unpaired) electrons. The first-order chi connectivity index (χ1) is 12.7. The van der Waals surface area contributed by atoms with Crippen LogP contribution in [0, 0.1) is 10.1 Å². The van der Waals surface area contributed by atoms with Crippen LogP contribution in [0.25, 0.3) is 10.9 Å². The molecule has 6 nitrogen and oxygen atoms in total. The molecular weight excluding hydrogens is 328 g/mol. The third-order valence-corrected chi connectivity index (χ3v) is 5.21. The first kappa shape index (κ1) is 16.7. The Balaban J connectivity index is 1.66. The van der Waals surface area contributed by atoms with Crippen molar-refractivity contribution in [3.05, 3.63) is 69.9 Å². The van der Waals surface area contributed by atoms with Crippen molar-refractivity contribution in [1.29, 1.82) is 0 Å². The maximum Gasteiger partial charge on any atom is 0.271 e. The third-order valence-electron chi connectivity index (χ3n) is 5.21. The molecule has 26 heavy (non-hydrogen) atoms. The number of hydrogen-bond donors (Lipinski definition) is 0. The van der Waals surface area contributed by atoms with E-state index in [-0.39, 0.29) is 10.6 Å². The van der Waals surface area contributed by atoms with E-state index in [4.69, 9.17) is 0 Å². The second-order valence-electron chi connectivity index (χ2n) is 6.85. The van der Waals surface area contributed by atoms with Gasteiger partial charge in [-0.05, 0) is 36.5 Å². The average Bonchev–Trinajstić information content (AvgIpc) is 3.25. The molecule has 0 spiro atoms. The Labute approximate surface area is 152 Å². The predicted molar refractivity (Wildman–Crippen MR) is 101 cm³/mol. The van der Waals surface area contributed by atoms with Crippen molar-refractivity contribution in [1.82, 2.24) is 14.7 Å². The number of hydrogen-bond acceptors (Lipinski definition) is 4. The highest BCUT2D eigenvalue weighted by atomic mass is 16.6. The summed E-state index contributed by atoms with van der Waals surface area (Å²) in [5, 5.41) is 16.5. The summed E-state index contributed by atoms with van der Waals surface area (Å²) >= 11 is 0. The van der Waals surface area contributed by atoms with Crippen LogP contribution in [0.5, 0.6) is 0 Å². The van der Waals surface area contributed by atoms with Gasteiger partial charge in [0, 0.05) is 30.1 Å². The van der Waals surface area contributed by atoms with Crippen molar-refractivity contribution < 1.29 is 4.92 Å². The van der Waals surface area contributed by atoms with E-state index < -0.39 is 0 Å². The maximum absolute atomic E-state index is 11.1. The van der Waals surface area contributed by atoms with Crippen LogP contribution in [0.4, 0.5) is 5.69 Å². The molecule has 2 aromatic carbocycles. The van der Waals surface area contributed by atoms with Crippen molar-refractivity contribution in [2.45, 2.75) is 38.9 Å². The Morgan fingerprint density at radius 2 is 2.15 bits per heavy atom. The van der Waals surface area contributed by atoms with Crippen LogP contribution < -0.4 is 0 Å². The van der Waals surface area contributed by atoms with E-state index in [9.17, 15) is 10.1 Å². The molecule has 1 atom stereocenters. The zero-order valence-electron chi connectivity index (χ0n) is 14.8. The van der Waals surface area contributed by atoms with Crippen molar-refractivity contribution in [2.24, 2.45) is 0 Å². The normalized spacial score (nSPS) is 16.3. The quantitative estimate of drug-likeness (QED) is 0.491. The fraction of sp³-hybridized carbons (Fsp3) is 0.350. The molecule has 134 valence electrons. The Morgan fingerprint density at radius 3 is 2.96 bits per heavy atom. The molecule has 0 bridgehead atoms. The Kier molecular flexibility index (Phi) is 4.42. The van der Waals surface area contributed by atoms with E-state index >= 15 is 0 Å². The minimum atomic E-state index is -0.353. The van der Waals surface area contributed by atoms with Gasteiger partial charge in [0.2, 0.25) is 0 Å². The Hall–Kier alpha value is -2.73. The summed E-state index contributed by atoms with van der Waals surface area (Å²) in [5.41, 5.74) is 3.75. The molecule has 0 saturated carbocycles. The van der Waals surface area contributed by atoms with Crippen LogP contribution in [-0.2, 0) is 13.1 Å². The number of nitrogens with zero attached hydrogens (tertiary/aromatic N) is 4. The van der Waals surface area contributed by atoms with E-state index in [0.717, 1.165) is 36.7 Å². The highest BCUT2D eigenvalue weighted by Gasteiger charge is 2.27. The number of non-ortho nitro benzene ring substituents is 1. The summed E-state index contributed by atoms with van der Waals surface area (Å²) in [6.45, 7) is 3.78. The monoisotopic (exact) mass is 350 g/mol. The standard InChI is InChI=1S/C20H22N4O2/c1-2-11-22(19-10-8-15-5-3-4-6-18(15)19)14-23-20-12-17(24(25)26)9-7-16(20)13-21-23/h3-7,9,12-13,19H,2,8,10-11,14H2,1H3/t19-/m1/s1. The lowest BCUT2D eigenvalue weighted by molar-refractivity contribution is -0.384. The Morgan fingerprint density at radius 1 is 1.31 bits per heavy atom. The number of nitro benzene ring substituents is 1. The summed E-state index contributed by atoms with van der Waals surface area (Å²) in [6, 6.07) is 13.9. The van der Waals surface area contributed by atoms with Crippen LogP contribution >= 0.6 is 0 Å². The van der Waals surface area contributed by atoms with Gasteiger partial charge >= 0.3 is 0 Å². The second kappa shape index (κ2) is 6.88. The molecule has 0 saturated heterocycles. The SMILES string of the molecule is CCCN(Cn1ncc2ccc([N+](=O)[O-])cc21)[C@@H]1CCc2ccccc21. The number of nitro groups is 1. The summed E-state index contributed by atoms with van der Waals surface area (Å²) in [5.74, 6) is 0.